The molecule has 0 saturated carbocycles. The van der Waals surface area contributed by atoms with E-state index in [0.717, 1.165) is 16.0 Å². The first kappa shape index (κ1) is 13.3. The summed E-state index contributed by atoms with van der Waals surface area (Å²) < 4.78 is 6.39. The quantitative estimate of drug-likeness (QED) is 0.786. The summed E-state index contributed by atoms with van der Waals surface area (Å²) in [5, 5.41) is 18.7. The molecular formula is C13H9N3O4S. The normalized spacial score (nSPS) is 10.7. The standard InChI is InChI=1S/C13H9N3O4S/c17-12-8-3-1-2-4-9(8)14-15-16(12)7-20-10-5-6-21-11(10)13(18)19/h1-6H,7H2,(H,18,19). The van der Waals surface area contributed by atoms with E-state index in [9.17, 15) is 9.59 Å². The van der Waals surface area contributed by atoms with E-state index in [-0.39, 0.29) is 22.9 Å². The van der Waals surface area contributed by atoms with E-state index in [1.165, 1.54) is 6.07 Å². The number of hydrogen-bond donors (Lipinski definition) is 1. The van der Waals surface area contributed by atoms with Gasteiger partial charge in [-0.25, -0.2) is 4.79 Å². The Kier molecular flexibility index (Phi) is 3.36. The lowest BCUT2D eigenvalue weighted by molar-refractivity contribution is 0.0695. The van der Waals surface area contributed by atoms with Crippen LogP contribution in [-0.4, -0.2) is 26.1 Å². The number of carboxylic acid groups (broad SMARTS) is 1. The summed E-state index contributed by atoms with van der Waals surface area (Å²) in [6.45, 7) is -0.201. The summed E-state index contributed by atoms with van der Waals surface area (Å²) in [4.78, 5) is 23.2. The molecule has 0 aliphatic rings. The van der Waals surface area contributed by atoms with Crippen molar-refractivity contribution in [2.75, 3.05) is 0 Å². The Morgan fingerprint density at radius 1 is 1.33 bits per heavy atom. The zero-order chi connectivity index (χ0) is 14.8. The molecule has 0 aliphatic carbocycles. The number of benzene rings is 1. The molecule has 0 atom stereocenters. The predicted molar refractivity (Wildman–Crippen MR) is 75.7 cm³/mol. The SMILES string of the molecule is O=C(O)c1sccc1OCn1nnc2ccccc2c1=O. The first-order valence-corrected chi connectivity index (χ1v) is 6.81. The zero-order valence-corrected chi connectivity index (χ0v) is 11.4. The zero-order valence-electron chi connectivity index (χ0n) is 10.6. The highest BCUT2D eigenvalue weighted by atomic mass is 32.1. The molecule has 8 heteroatoms. The first-order chi connectivity index (χ1) is 10.2. The van der Waals surface area contributed by atoms with Crippen LogP contribution in [0.2, 0.25) is 0 Å². The Labute approximate surface area is 122 Å². The summed E-state index contributed by atoms with van der Waals surface area (Å²) in [5.41, 5.74) is 0.160. The maximum absolute atomic E-state index is 12.2. The van der Waals surface area contributed by atoms with Crippen LogP contribution in [0.4, 0.5) is 0 Å². The van der Waals surface area contributed by atoms with Crippen molar-refractivity contribution in [3.8, 4) is 5.75 Å². The maximum Gasteiger partial charge on any atom is 0.349 e. The van der Waals surface area contributed by atoms with E-state index in [0.29, 0.717) is 10.9 Å². The average Bonchev–Trinajstić information content (AvgIpc) is 2.95. The molecule has 1 aromatic carbocycles. The average molecular weight is 303 g/mol. The van der Waals surface area contributed by atoms with Crippen LogP contribution >= 0.6 is 11.3 Å². The topological polar surface area (TPSA) is 94.3 Å². The van der Waals surface area contributed by atoms with Gasteiger partial charge in [-0.05, 0) is 23.6 Å². The molecule has 0 unspecified atom stereocenters. The molecule has 2 heterocycles. The van der Waals surface area contributed by atoms with Crippen LogP contribution in [-0.2, 0) is 6.73 Å². The van der Waals surface area contributed by atoms with Gasteiger partial charge in [-0.1, -0.05) is 17.3 Å². The van der Waals surface area contributed by atoms with Crippen molar-refractivity contribution in [1.82, 2.24) is 15.0 Å². The smallest absolute Gasteiger partial charge is 0.349 e. The van der Waals surface area contributed by atoms with Crippen molar-refractivity contribution in [1.29, 1.82) is 0 Å². The van der Waals surface area contributed by atoms with E-state index in [4.69, 9.17) is 9.84 Å². The molecule has 0 amide bonds. The minimum atomic E-state index is -1.07. The van der Waals surface area contributed by atoms with Crippen LogP contribution in [0.1, 0.15) is 9.67 Å². The van der Waals surface area contributed by atoms with Gasteiger partial charge in [0.1, 0.15) is 11.3 Å². The minimum Gasteiger partial charge on any atom is -0.477 e. The highest BCUT2D eigenvalue weighted by molar-refractivity contribution is 7.12. The first-order valence-electron chi connectivity index (χ1n) is 5.93. The predicted octanol–water partition coefficient (Wildman–Crippen LogP) is 1.59. The van der Waals surface area contributed by atoms with Crippen molar-refractivity contribution in [3.63, 3.8) is 0 Å². The fourth-order valence-corrected chi connectivity index (χ4v) is 2.48. The van der Waals surface area contributed by atoms with Gasteiger partial charge in [0, 0.05) is 0 Å². The number of thiophene rings is 1. The second-order valence-corrected chi connectivity index (χ2v) is 5.02. The van der Waals surface area contributed by atoms with Crippen LogP contribution in [0.5, 0.6) is 5.75 Å². The summed E-state index contributed by atoms with van der Waals surface area (Å²) in [6.07, 6.45) is 0. The third kappa shape index (κ3) is 2.48. The van der Waals surface area contributed by atoms with Crippen molar-refractivity contribution in [2.24, 2.45) is 0 Å². The number of aromatic nitrogens is 3. The third-order valence-electron chi connectivity index (χ3n) is 2.79. The Hall–Kier alpha value is -2.74. The van der Waals surface area contributed by atoms with Gasteiger partial charge in [0.05, 0.1) is 5.39 Å². The fourth-order valence-electron chi connectivity index (χ4n) is 1.81. The van der Waals surface area contributed by atoms with Crippen LogP contribution < -0.4 is 10.3 Å². The lowest BCUT2D eigenvalue weighted by Crippen LogP contribution is -2.26. The number of nitrogens with zero attached hydrogens (tertiary/aromatic N) is 3. The van der Waals surface area contributed by atoms with Gasteiger partial charge >= 0.3 is 5.97 Å². The number of hydrogen-bond acceptors (Lipinski definition) is 6. The van der Waals surface area contributed by atoms with E-state index in [2.05, 4.69) is 10.3 Å². The highest BCUT2D eigenvalue weighted by Crippen LogP contribution is 2.24. The second-order valence-electron chi connectivity index (χ2n) is 4.10. The van der Waals surface area contributed by atoms with E-state index < -0.39 is 5.97 Å². The molecule has 3 rings (SSSR count). The largest absolute Gasteiger partial charge is 0.477 e. The number of carboxylic acids is 1. The Morgan fingerprint density at radius 3 is 2.95 bits per heavy atom. The Morgan fingerprint density at radius 2 is 2.14 bits per heavy atom. The Balaban J connectivity index is 1.89. The molecule has 0 spiro atoms. The molecule has 1 N–H and O–H groups in total. The van der Waals surface area contributed by atoms with Gasteiger partial charge in [-0.2, -0.15) is 4.68 Å². The van der Waals surface area contributed by atoms with Gasteiger partial charge < -0.3 is 9.84 Å². The van der Waals surface area contributed by atoms with E-state index in [1.807, 2.05) is 0 Å². The van der Waals surface area contributed by atoms with Crippen molar-refractivity contribution < 1.29 is 14.6 Å². The molecule has 3 aromatic rings. The molecule has 0 bridgehead atoms. The lowest BCUT2D eigenvalue weighted by atomic mass is 10.2. The molecule has 0 radical (unpaired) electrons. The number of ether oxygens (including phenoxy) is 1. The van der Waals surface area contributed by atoms with Gasteiger partial charge in [0.2, 0.25) is 0 Å². The monoisotopic (exact) mass is 303 g/mol. The molecule has 0 saturated heterocycles. The molecule has 7 nitrogen and oxygen atoms in total. The summed E-state index contributed by atoms with van der Waals surface area (Å²) in [6, 6.07) is 8.37. The van der Waals surface area contributed by atoms with Crippen molar-refractivity contribution in [3.05, 3.63) is 50.9 Å². The number of aromatic carboxylic acids is 1. The van der Waals surface area contributed by atoms with Crippen molar-refractivity contribution >= 4 is 28.2 Å². The summed E-state index contributed by atoms with van der Waals surface area (Å²) in [7, 11) is 0. The van der Waals surface area contributed by atoms with Gasteiger partial charge in [0.15, 0.2) is 11.6 Å². The van der Waals surface area contributed by atoms with Gasteiger partial charge in [0.25, 0.3) is 5.56 Å². The van der Waals surface area contributed by atoms with Crippen LogP contribution in [0, 0.1) is 0 Å². The van der Waals surface area contributed by atoms with Crippen LogP contribution in [0.25, 0.3) is 10.9 Å². The fraction of sp³-hybridized carbons (Fsp3) is 0.0769. The highest BCUT2D eigenvalue weighted by Gasteiger charge is 2.13. The summed E-state index contributed by atoms with van der Waals surface area (Å²) >= 11 is 1.05. The molecular weight excluding hydrogens is 294 g/mol. The minimum absolute atomic E-state index is 0.0804. The Bertz CT molecular complexity index is 871. The second kappa shape index (κ2) is 5.33. The molecule has 0 aliphatic heterocycles. The lowest BCUT2D eigenvalue weighted by Gasteiger charge is -2.07. The maximum atomic E-state index is 12.2. The van der Waals surface area contributed by atoms with Gasteiger partial charge in [-0.3, -0.25) is 4.79 Å². The number of carbonyl (C=O) groups is 1. The van der Waals surface area contributed by atoms with E-state index >= 15 is 0 Å². The molecule has 106 valence electrons. The molecule has 2 aromatic heterocycles. The van der Waals surface area contributed by atoms with Crippen LogP contribution in [0.15, 0.2) is 40.5 Å². The number of rotatable bonds is 4. The van der Waals surface area contributed by atoms with Crippen LogP contribution in [0.3, 0.4) is 0 Å². The van der Waals surface area contributed by atoms with Gasteiger partial charge in [-0.15, -0.1) is 16.4 Å². The van der Waals surface area contributed by atoms with E-state index in [1.54, 1.807) is 29.6 Å². The third-order valence-corrected chi connectivity index (χ3v) is 3.68. The van der Waals surface area contributed by atoms with Crippen molar-refractivity contribution in [2.45, 2.75) is 6.73 Å². The summed E-state index contributed by atoms with van der Waals surface area (Å²) in [5.74, 6) is -0.869. The molecule has 21 heavy (non-hydrogen) atoms. The number of fused-ring (bicyclic) bond motifs is 1. The molecule has 0 fully saturated rings.